The van der Waals surface area contributed by atoms with Gasteiger partial charge < -0.3 is 15.2 Å². The van der Waals surface area contributed by atoms with Crippen LogP contribution in [0.1, 0.15) is 26.7 Å². The highest BCUT2D eigenvalue weighted by atomic mass is 16.5. The standard InChI is InChI=1S/C13H26N2O2/c1-12(2)10-17-7-5-15(12)9-13(8-14)4-3-6-16-11-13/h3-11,14H2,1-2H3. The fraction of sp³-hybridized carbons (Fsp3) is 1.00. The van der Waals surface area contributed by atoms with Crippen molar-refractivity contribution in [1.82, 2.24) is 4.90 Å². The molecule has 4 heteroatoms. The normalized spacial score (nSPS) is 34.8. The molecule has 0 aromatic heterocycles. The van der Waals surface area contributed by atoms with Gasteiger partial charge >= 0.3 is 0 Å². The topological polar surface area (TPSA) is 47.7 Å². The molecule has 2 aliphatic heterocycles. The average Bonchev–Trinajstić information content (AvgIpc) is 2.33. The van der Waals surface area contributed by atoms with Crippen LogP contribution in [0.3, 0.4) is 0 Å². The second kappa shape index (κ2) is 5.22. The van der Waals surface area contributed by atoms with Gasteiger partial charge in [0.2, 0.25) is 0 Å². The van der Waals surface area contributed by atoms with Crippen LogP contribution in [0.15, 0.2) is 0 Å². The van der Waals surface area contributed by atoms with Gasteiger partial charge in [-0.05, 0) is 26.7 Å². The van der Waals surface area contributed by atoms with E-state index in [0.29, 0.717) is 0 Å². The molecule has 0 spiro atoms. The molecule has 0 aliphatic carbocycles. The van der Waals surface area contributed by atoms with Gasteiger partial charge in [-0.1, -0.05) is 0 Å². The van der Waals surface area contributed by atoms with Crippen LogP contribution in [0.4, 0.5) is 0 Å². The van der Waals surface area contributed by atoms with E-state index in [2.05, 4.69) is 18.7 Å². The molecule has 2 fully saturated rings. The van der Waals surface area contributed by atoms with Crippen molar-refractivity contribution in [3.63, 3.8) is 0 Å². The molecule has 0 radical (unpaired) electrons. The third kappa shape index (κ3) is 2.99. The summed E-state index contributed by atoms with van der Waals surface area (Å²) < 4.78 is 11.2. The molecule has 2 rings (SSSR count). The van der Waals surface area contributed by atoms with E-state index in [9.17, 15) is 0 Å². The molecule has 0 aromatic rings. The first kappa shape index (κ1) is 13.3. The maximum atomic E-state index is 6.01. The Hall–Kier alpha value is -0.160. The lowest BCUT2D eigenvalue weighted by Crippen LogP contribution is -2.58. The summed E-state index contributed by atoms with van der Waals surface area (Å²) in [6, 6.07) is 0. The predicted octanol–water partition coefficient (Wildman–Crippen LogP) is 0.853. The largest absolute Gasteiger partial charge is 0.381 e. The first-order valence-corrected chi connectivity index (χ1v) is 6.69. The molecule has 0 bridgehead atoms. The number of ether oxygens (including phenoxy) is 2. The number of rotatable bonds is 3. The Labute approximate surface area is 104 Å². The lowest BCUT2D eigenvalue weighted by molar-refractivity contribution is -0.0907. The van der Waals surface area contributed by atoms with E-state index in [-0.39, 0.29) is 11.0 Å². The van der Waals surface area contributed by atoms with Gasteiger partial charge in [-0.2, -0.15) is 0 Å². The van der Waals surface area contributed by atoms with Crippen molar-refractivity contribution in [3.05, 3.63) is 0 Å². The average molecular weight is 242 g/mol. The predicted molar refractivity (Wildman–Crippen MR) is 68.0 cm³/mol. The van der Waals surface area contributed by atoms with Crippen LogP contribution in [0.5, 0.6) is 0 Å². The summed E-state index contributed by atoms with van der Waals surface area (Å²) >= 11 is 0. The van der Waals surface area contributed by atoms with Crippen LogP contribution in [-0.2, 0) is 9.47 Å². The quantitative estimate of drug-likeness (QED) is 0.797. The van der Waals surface area contributed by atoms with Crippen molar-refractivity contribution >= 4 is 0 Å². The van der Waals surface area contributed by atoms with E-state index in [1.165, 1.54) is 6.42 Å². The summed E-state index contributed by atoms with van der Waals surface area (Å²) in [5, 5.41) is 0. The summed E-state index contributed by atoms with van der Waals surface area (Å²) in [5.41, 5.74) is 6.29. The molecule has 1 unspecified atom stereocenters. The molecule has 2 aliphatic rings. The Morgan fingerprint density at radius 2 is 1.94 bits per heavy atom. The second-order valence-corrected chi connectivity index (χ2v) is 6.15. The highest BCUT2D eigenvalue weighted by Gasteiger charge is 2.39. The molecule has 17 heavy (non-hydrogen) atoms. The highest BCUT2D eigenvalue weighted by Crippen LogP contribution is 2.32. The minimum atomic E-state index is 0.123. The van der Waals surface area contributed by atoms with Gasteiger partial charge in [0.1, 0.15) is 0 Å². The number of hydrogen-bond donors (Lipinski definition) is 1. The molecule has 2 heterocycles. The summed E-state index contributed by atoms with van der Waals surface area (Å²) in [7, 11) is 0. The third-order valence-corrected chi connectivity index (χ3v) is 4.18. The fourth-order valence-corrected chi connectivity index (χ4v) is 2.85. The summed E-state index contributed by atoms with van der Waals surface area (Å²) in [5.74, 6) is 0. The highest BCUT2D eigenvalue weighted by molar-refractivity contribution is 4.92. The summed E-state index contributed by atoms with van der Waals surface area (Å²) in [6.45, 7) is 10.6. The first-order chi connectivity index (χ1) is 8.08. The zero-order valence-electron chi connectivity index (χ0n) is 11.2. The smallest absolute Gasteiger partial charge is 0.0645 e. The summed E-state index contributed by atoms with van der Waals surface area (Å²) in [6.07, 6.45) is 2.33. The van der Waals surface area contributed by atoms with Crippen LogP contribution in [0, 0.1) is 5.41 Å². The Morgan fingerprint density at radius 1 is 1.18 bits per heavy atom. The molecular formula is C13H26N2O2. The summed E-state index contributed by atoms with van der Waals surface area (Å²) in [4.78, 5) is 2.53. The van der Waals surface area contributed by atoms with Crippen LogP contribution >= 0.6 is 0 Å². The van der Waals surface area contributed by atoms with Crippen molar-refractivity contribution in [2.75, 3.05) is 46.1 Å². The van der Waals surface area contributed by atoms with Crippen molar-refractivity contribution in [3.8, 4) is 0 Å². The molecule has 0 amide bonds. The monoisotopic (exact) mass is 242 g/mol. The lowest BCUT2D eigenvalue weighted by Gasteiger charge is -2.48. The Kier molecular flexibility index (Phi) is 4.08. The molecule has 0 aromatic carbocycles. The zero-order valence-corrected chi connectivity index (χ0v) is 11.2. The van der Waals surface area contributed by atoms with Crippen molar-refractivity contribution in [1.29, 1.82) is 0 Å². The van der Waals surface area contributed by atoms with Gasteiger partial charge in [0.15, 0.2) is 0 Å². The Balaban J connectivity index is 2.01. The Bertz CT molecular complexity index is 250. The van der Waals surface area contributed by atoms with E-state index < -0.39 is 0 Å². The van der Waals surface area contributed by atoms with Crippen molar-refractivity contribution in [2.45, 2.75) is 32.2 Å². The molecule has 2 N–H and O–H groups in total. The van der Waals surface area contributed by atoms with Crippen LogP contribution < -0.4 is 5.73 Å². The number of morpholine rings is 1. The fourth-order valence-electron chi connectivity index (χ4n) is 2.85. The van der Waals surface area contributed by atoms with E-state index in [4.69, 9.17) is 15.2 Å². The minimum absolute atomic E-state index is 0.123. The molecule has 4 nitrogen and oxygen atoms in total. The first-order valence-electron chi connectivity index (χ1n) is 6.69. The van der Waals surface area contributed by atoms with Crippen molar-refractivity contribution < 1.29 is 9.47 Å². The van der Waals surface area contributed by atoms with Gasteiger partial charge in [0.05, 0.1) is 19.8 Å². The molecule has 2 saturated heterocycles. The van der Waals surface area contributed by atoms with Crippen molar-refractivity contribution in [2.24, 2.45) is 11.1 Å². The number of nitrogens with two attached hydrogens (primary N) is 1. The zero-order chi connectivity index (χ0) is 12.4. The van der Waals surface area contributed by atoms with Crippen LogP contribution in [0.2, 0.25) is 0 Å². The molecule has 1 atom stereocenters. The van der Waals surface area contributed by atoms with Gasteiger partial charge in [-0.25, -0.2) is 0 Å². The van der Waals surface area contributed by atoms with E-state index in [0.717, 1.165) is 52.5 Å². The third-order valence-electron chi connectivity index (χ3n) is 4.18. The van der Waals surface area contributed by atoms with E-state index in [1.54, 1.807) is 0 Å². The maximum absolute atomic E-state index is 6.01. The number of hydrogen-bond acceptors (Lipinski definition) is 4. The Morgan fingerprint density at radius 3 is 2.53 bits per heavy atom. The molecule has 100 valence electrons. The van der Waals surface area contributed by atoms with Crippen LogP contribution in [-0.4, -0.2) is 56.5 Å². The maximum Gasteiger partial charge on any atom is 0.0645 e. The van der Waals surface area contributed by atoms with E-state index in [1.807, 2.05) is 0 Å². The van der Waals surface area contributed by atoms with Gasteiger partial charge in [-0.3, -0.25) is 4.90 Å². The van der Waals surface area contributed by atoms with E-state index >= 15 is 0 Å². The van der Waals surface area contributed by atoms with Gasteiger partial charge in [0.25, 0.3) is 0 Å². The minimum Gasteiger partial charge on any atom is -0.381 e. The molecular weight excluding hydrogens is 216 g/mol. The van der Waals surface area contributed by atoms with Gasteiger partial charge in [-0.15, -0.1) is 0 Å². The SMILES string of the molecule is CC1(C)COCCN1CC1(CN)CCCOC1. The number of nitrogens with zero attached hydrogens (tertiary/aromatic N) is 1. The lowest BCUT2D eigenvalue weighted by atomic mass is 9.81. The molecule has 0 saturated carbocycles. The second-order valence-electron chi connectivity index (χ2n) is 6.15. The van der Waals surface area contributed by atoms with Gasteiger partial charge in [0, 0.05) is 37.2 Å². The van der Waals surface area contributed by atoms with Crippen LogP contribution in [0.25, 0.3) is 0 Å².